The van der Waals surface area contributed by atoms with E-state index in [0.717, 1.165) is 21.2 Å². The molecule has 2 amide bonds. The number of nitrogens with one attached hydrogen (secondary N) is 1. The molecule has 0 saturated heterocycles. The summed E-state index contributed by atoms with van der Waals surface area (Å²) < 4.78 is 6.70. The quantitative estimate of drug-likeness (QED) is 0.423. The van der Waals surface area contributed by atoms with Crippen molar-refractivity contribution in [2.24, 2.45) is 0 Å². The predicted octanol–water partition coefficient (Wildman–Crippen LogP) is 4.91. The topological polar surface area (TPSA) is 58.6 Å². The Morgan fingerprint density at radius 1 is 0.970 bits per heavy atom. The number of benzene rings is 3. The first-order valence-electron chi connectivity index (χ1n) is 11.0. The molecule has 0 aromatic heterocycles. The molecule has 1 N–H and O–H groups in total. The van der Waals surface area contributed by atoms with Gasteiger partial charge in [-0.3, -0.25) is 9.59 Å². The molecule has 1 atom stereocenters. The van der Waals surface area contributed by atoms with E-state index in [1.807, 2.05) is 80.6 Å². The number of hydrogen-bond donors (Lipinski definition) is 1. The van der Waals surface area contributed by atoms with Gasteiger partial charge in [0.2, 0.25) is 5.91 Å². The average Bonchev–Trinajstić information content (AvgIpc) is 2.82. The minimum Gasteiger partial charge on any atom is -0.484 e. The number of carbonyl (C=O) groups excluding carboxylic acids is 2. The summed E-state index contributed by atoms with van der Waals surface area (Å²) in [5, 5.41) is 2.90. The molecule has 0 spiro atoms. The number of aryl methyl sites for hydroxylation is 1. The Kier molecular flexibility index (Phi) is 9.07. The van der Waals surface area contributed by atoms with Gasteiger partial charge < -0.3 is 15.0 Å². The van der Waals surface area contributed by atoms with Gasteiger partial charge in [0.15, 0.2) is 6.61 Å². The third-order valence-electron chi connectivity index (χ3n) is 5.40. The first kappa shape index (κ1) is 24.5. The Labute approximate surface area is 203 Å². The number of rotatable bonds is 10. The normalized spacial score (nSPS) is 11.5. The molecule has 0 saturated carbocycles. The maximum atomic E-state index is 13.5. The summed E-state index contributed by atoms with van der Waals surface area (Å²) in [6, 6.07) is 24.3. The minimum atomic E-state index is -0.659. The fourth-order valence-electron chi connectivity index (χ4n) is 3.58. The van der Waals surface area contributed by atoms with Gasteiger partial charge in [0.1, 0.15) is 11.8 Å². The van der Waals surface area contributed by atoms with Crippen LogP contribution in [0.3, 0.4) is 0 Å². The van der Waals surface area contributed by atoms with Crippen LogP contribution in [0.2, 0.25) is 0 Å². The zero-order valence-corrected chi connectivity index (χ0v) is 20.5. The van der Waals surface area contributed by atoms with Crippen LogP contribution in [-0.4, -0.2) is 35.9 Å². The molecule has 0 bridgehead atoms. The molecule has 33 heavy (non-hydrogen) atoms. The smallest absolute Gasteiger partial charge is 0.261 e. The highest BCUT2D eigenvalue weighted by molar-refractivity contribution is 9.10. The zero-order valence-electron chi connectivity index (χ0n) is 19.0. The first-order chi connectivity index (χ1) is 16.0. The number of carbonyl (C=O) groups is 2. The lowest BCUT2D eigenvalue weighted by molar-refractivity contribution is -0.142. The van der Waals surface area contributed by atoms with Crippen molar-refractivity contribution in [3.8, 4) is 5.75 Å². The van der Waals surface area contributed by atoms with E-state index in [-0.39, 0.29) is 18.4 Å². The van der Waals surface area contributed by atoms with Crippen LogP contribution in [0.15, 0.2) is 83.3 Å². The summed E-state index contributed by atoms with van der Waals surface area (Å²) in [7, 11) is 0. The number of halogens is 1. The predicted molar refractivity (Wildman–Crippen MR) is 134 cm³/mol. The van der Waals surface area contributed by atoms with Crippen LogP contribution < -0.4 is 10.1 Å². The summed E-state index contributed by atoms with van der Waals surface area (Å²) in [5.41, 5.74) is 3.06. The molecule has 6 heteroatoms. The van der Waals surface area contributed by atoms with E-state index < -0.39 is 6.04 Å². The van der Waals surface area contributed by atoms with Gasteiger partial charge in [-0.15, -0.1) is 0 Å². The molecule has 0 heterocycles. The Hall–Kier alpha value is -3.12. The number of nitrogens with zero attached hydrogens (tertiary/aromatic N) is 1. The van der Waals surface area contributed by atoms with E-state index in [1.54, 1.807) is 17.0 Å². The lowest BCUT2D eigenvalue weighted by atomic mass is 10.0. The third-order valence-corrected chi connectivity index (χ3v) is 5.93. The monoisotopic (exact) mass is 508 g/mol. The van der Waals surface area contributed by atoms with E-state index in [4.69, 9.17) is 4.74 Å². The average molecular weight is 509 g/mol. The van der Waals surface area contributed by atoms with Crippen LogP contribution in [0.1, 0.15) is 23.6 Å². The van der Waals surface area contributed by atoms with Gasteiger partial charge >= 0.3 is 0 Å². The SMILES string of the molecule is CCNC(=O)[C@H](Cc1ccccc1)N(Cc1ccccc1C)C(=O)COc1ccc(Br)cc1. The Balaban J connectivity index is 1.89. The van der Waals surface area contributed by atoms with E-state index in [1.165, 1.54) is 0 Å². The molecule has 0 radical (unpaired) electrons. The fourth-order valence-corrected chi connectivity index (χ4v) is 3.84. The fraction of sp³-hybridized carbons (Fsp3) is 0.259. The Bertz CT molecular complexity index is 1050. The molecule has 3 aromatic carbocycles. The van der Waals surface area contributed by atoms with E-state index >= 15 is 0 Å². The van der Waals surface area contributed by atoms with Crippen LogP contribution in [0.5, 0.6) is 5.75 Å². The van der Waals surface area contributed by atoms with Crippen molar-refractivity contribution in [1.82, 2.24) is 10.2 Å². The van der Waals surface area contributed by atoms with Gasteiger partial charge in [-0.05, 0) is 54.8 Å². The van der Waals surface area contributed by atoms with Crippen molar-refractivity contribution in [3.05, 3.63) is 100 Å². The van der Waals surface area contributed by atoms with Crippen LogP contribution >= 0.6 is 15.9 Å². The lowest BCUT2D eigenvalue weighted by Crippen LogP contribution is -2.51. The van der Waals surface area contributed by atoms with Gasteiger partial charge in [0.05, 0.1) is 0 Å². The minimum absolute atomic E-state index is 0.155. The van der Waals surface area contributed by atoms with Gasteiger partial charge in [0.25, 0.3) is 5.91 Å². The molecular weight excluding hydrogens is 480 g/mol. The highest BCUT2D eigenvalue weighted by Crippen LogP contribution is 2.19. The Morgan fingerprint density at radius 2 is 1.64 bits per heavy atom. The van der Waals surface area contributed by atoms with Crippen molar-refractivity contribution in [2.45, 2.75) is 32.9 Å². The summed E-state index contributed by atoms with van der Waals surface area (Å²) in [6.07, 6.45) is 0.419. The van der Waals surface area contributed by atoms with Crippen LogP contribution in [0, 0.1) is 6.92 Å². The highest BCUT2D eigenvalue weighted by atomic mass is 79.9. The second kappa shape index (κ2) is 12.2. The van der Waals surface area contributed by atoms with Gasteiger partial charge in [-0.2, -0.15) is 0 Å². The van der Waals surface area contributed by atoms with E-state index in [0.29, 0.717) is 25.3 Å². The largest absolute Gasteiger partial charge is 0.484 e. The maximum absolute atomic E-state index is 13.5. The van der Waals surface area contributed by atoms with Crippen molar-refractivity contribution in [2.75, 3.05) is 13.2 Å². The molecule has 0 unspecified atom stereocenters. The van der Waals surface area contributed by atoms with Gasteiger partial charge in [-0.1, -0.05) is 70.5 Å². The summed E-state index contributed by atoms with van der Waals surface area (Å²) in [5.74, 6) is 0.181. The van der Waals surface area contributed by atoms with Crippen molar-refractivity contribution >= 4 is 27.7 Å². The number of ether oxygens (including phenoxy) is 1. The van der Waals surface area contributed by atoms with Crippen LogP contribution in [0.4, 0.5) is 0 Å². The highest BCUT2D eigenvalue weighted by Gasteiger charge is 2.30. The first-order valence-corrected chi connectivity index (χ1v) is 11.8. The Morgan fingerprint density at radius 3 is 2.30 bits per heavy atom. The number of likely N-dealkylation sites (N-methyl/N-ethyl adjacent to an activating group) is 1. The van der Waals surface area contributed by atoms with Gasteiger partial charge in [0, 0.05) is 24.0 Å². The molecule has 0 aliphatic carbocycles. The molecule has 0 aliphatic rings. The molecule has 5 nitrogen and oxygen atoms in total. The summed E-state index contributed by atoms with van der Waals surface area (Å²) >= 11 is 3.40. The molecular formula is C27H29BrN2O3. The summed E-state index contributed by atoms with van der Waals surface area (Å²) in [4.78, 5) is 28.2. The molecule has 0 aliphatic heterocycles. The lowest BCUT2D eigenvalue weighted by Gasteiger charge is -2.31. The van der Waals surface area contributed by atoms with Crippen molar-refractivity contribution < 1.29 is 14.3 Å². The van der Waals surface area contributed by atoms with E-state index in [2.05, 4.69) is 21.2 Å². The van der Waals surface area contributed by atoms with Gasteiger partial charge in [-0.25, -0.2) is 0 Å². The second-order valence-corrected chi connectivity index (χ2v) is 8.71. The van der Waals surface area contributed by atoms with E-state index in [9.17, 15) is 9.59 Å². The van der Waals surface area contributed by atoms with Crippen LogP contribution in [0.25, 0.3) is 0 Å². The third kappa shape index (κ3) is 7.19. The molecule has 3 rings (SSSR count). The maximum Gasteiger partial charge on any atom is 0.261 e. The second-order valence-electron chi connectivity index (χ2n) is 7.79. The number of hydrogen-bond acceptors (Lipinski definition) is 3. The molecule has 0 fully saturated rings. The molecule has 172 valence electrons. The van der Waals surface area contributed by atoms with Crippen LogP contribution in [-0.2, 0) is 22.6 Å². The molecule has 3 aromatic rings. The summed E-state index contributed by atoms with van der Waals surface area (Å²) in [6.45, 7) is 4.55. The standard InChI is InChI=1S/C27H29BrN2O3/c1-3-29-27(32)25(17-21-10-5-4-6-11-21)30(18-22-12-8-7-9-20(22)2)26(31)19-33-24-15-13-23(28)14-16-24/h4-16,25H,3,17-19H2,1-2H3,(H,29,32)/t25-/m0/s1. The van der Waals surface area contributed by atoms with Crippen molar-refractivity contribution in [1.29, 1.82) is 0 Å². The van der Waals surface area contributed by atoms with Crippen molar-refractivity contribution in [3.63, 3.8) is 0 Å². The number of amides is 2. The zero-order chi connectivity index (χ0) is 23.6.